The Morgan fingerprint density at radius 3 is 2.24 bits per heavy atom. The van der Waals surface area contributed by atoms with E-state index in [0.717, 1.165) is 10.8 Å². The number of carbonyl (C=O) groups excluding carboxylic acids is 3. The molecule has 170 valence electrons. The summed E-state index contributed by atoms with van der Waals surface area (Å²) in [7, 11) is 0. The van der Waals surface area contributed by atoms with Crippen LogP contribution < -0.4 is 5.32 Å². The molecule has 6 nitrogen and oxygen atoms in total. The first-order chi connectivity index (χ1) is 15.9. The number of benzene rings is 3. The molecule has 4 rings (SSSR count). The number of piperazine rings is 1. The molecule has 0 unspecified atom stereocenters. The Kier molecular flexibility index (Phi) is 6.68. The maximum Gasteiger partial charge on any atom is 0.254 e. The van der Waals surface area contributed by atoms with Gasteiger partial charge in [-0.25, -0.2) is 4.39 Å². The van der Waals surface area contributed by atoms with Crippen molar-refractivity contribution < 1.29 is 18.8 Å². The third-order valence-corrected chi connectivity index (χ3v) is 5.97. The zero-order valence-corrected chi connectivity index (χ0v) is 18.5. The molecule has 1 saturated heterocycles. The summed E-state index contributed by atoms with van der Waals surface area (Å²) >= 11 is 0. The van der Waals surface area contributed by atoms with Crippen molar-refractivity contribution in [2.45, 2.75) is 13.3 Å². The van der Waals surface area contributed by atoms with Gasteiger partial charge in [0.25, 0.3) is 11.8 Å². The lowest BCUT2D eigenvalue weighted by Crippen LogP contribution is -2.51. The first-order valence-electron chi connectivity index (χ1n) is 11.0. The summed E-state index contributed by atoms with van der Waals surface area (Å²) in [5.41, 5.74) is 1.37. The Morgan fingerprint density at radius 1 is 0.848 bits per heavy atom. The molecule has 0 spiro atoms. The molecular formula is C26H26FN3O3. The van der Waals surface area contributed by atoms with Crippen LogP contribution in [0.4, 0.5) is 4.39 Å². The maximum absolute atomic E-state index is 13.8. The molecule has 1 fully saturated rings. The van der Waals surface area contributed by atoms with E-state index in [1.165, 1.54) is 6.07 Å². The normalized spacial score (nSPS) is 13.8. The maximum atomic E-state index is 13.8. The molecule has 3 aromatic carbocycles. The Morgan fingerprint density at radius 2 is 1.52 bits per heavy atom. The number of aryl methyl sites for hydroxylation is 1. The molecule has 3 amide bonds. The van der Waals surface area contributed by atoms with Crippen LogP contribution in [0.15, 0.2) is 60.7 Å². The smallest absolute Gasteiger partial charge is 0.254 e. The van der Waals surface area contributed by atoms with Gasteiger partial charge in [0.2, 0.25) is 5.91 Å². The highest BCUT2D eigenvalue weighted by molar-refractivity contribution is 5.98. The fourth-order valence-corrected chi connectivity index (χ4v) is 3.94. The molecule has 0 radical (unpaired) electrons. The van der Waals surface area contributed by atoms with Gasteiger partial charge in [-0.05, 0) is 47.5 Å². The van der Waals surface area contributed by atoms with Gasteiger partial charge in [0, 0.05) is 50.3 Å². The van der Waals surface area contributed by atoms with E-state index in [1.807, 2.05) is 36.4 Å². The molecule has 7 heteroatoms. The average Bonchev–Trinajstić information content (AvgIpc) is 2.85. The molecule has 0 aromatic heterocycles. The fourth-order valence-electron chi connectivity index (χ4n) is 3.94. The second-order valence-corrected chi connectivity index (χ2v) is 8.20. The van der Waals surface area contributed by atoms with Gasteiger partial charge in [0.05, 0.1) is 0 Å². The quantitative estimate of drug-likeness (QED) is 0.652. The van der Waals surface area contributed by atoms with Gasteiger partial charge in [0.1, 0.15) is 5.82 Å². The number of hydrogen-bond donors (Lipinski definition) is 1. The van der Waals surface area contributed by atoms with E-state index in [-0.39, 0.29) is 30.7 Å². The van der Waals surface area contributed by atoms with Crippen LogP contribution in [-0.2, 0) is 4.79 Å². The molecule has 0 aliphatic carbocycles. The minimum absolute atomic E-state index is 0.0673. The summed E-state index contributed by atoms with van der Waals surface area (Å²) in [6.45, 7) is 3.51. The van der Waals surface area contributed by atoms with Gasteiger partial charge in [-0.3, -0.25) is 14.4 Å². The highest BCUT2D eigenvalue weighted by atomic mass is 19.1. The standard InChI is InChI=1S/C26H26FN3O3/c1-18-6-7-22(17-23(18)27)26(33)30-14-12-29(13-15-30)24(31)10-11-28-25(32)21-9-8-19-4-2-3-5-20(19)16-21/h2-9,16-17H,10-15H2,1H3,(H,28,32). The molecule has 3 aromatic rings. The van der Waals surface area contributed by atoms with E-state index in [0.29, 0.717) is 42.9 Å². The first kappa shape index (κ1) is 22.5. The third-order valence-electron chi connectivity index (χ3n) is 5.97. The van der Waals surface area contributed by atoms with Crippen LogP contribution in [0.2, 0.25) is 0 Å². The topological polar surface area (TPSA) is 69.7 Å². The van der Waals surface area contributed by atoms with Gasteiger partial charge in [-0.2, -0.15) is 0 Å². The molecule has 1 aliphatic heterocycles. The van der Waals surface area contributed by atoms with E-state index >= 15 is 0 Å². The summed E-state index contributed by atoms with van der Waals surface area (Å²) in [6.07, 6.45) is 0.191. The lowest BCUT2D eigenvalue weighted by Gasteiger charge is -2.35. The Labute approximate surface area is 192 Å². The van der Waals surface area contributed by atoms with Crippen molar-refractivity contribution in [3.05, 3.63) is 83.2 Å². The fraction of sp³-hybridized carbons (Fsp3) is 0.269. The van der Waals surface area contributed by atoms with Crippen LogP contribution in [0.5, 0.6) is 0 Å². The summed E-state index contributed by atoms with van der Waals surface area (Å²) in [4.78, 5) is 40.9. The van der Waals surface area contributed by atoms with Crippen LogP contribution in [0, 0.1) is 12.7 Å². The van der Waals surface area contributed by atoms with E-state index in [1.54, 1.807) is 34.9 Å². The van der Waals surface area contributed by atoms with Crippen molar-refractivity contribution in [1.29, 1.82) is 0 Å². The number of rotatable bonds is 5. The van der Waals surface area contributed by atoms with Crippen molar-refractivity contribution in [2.75, 3.05) is 32.7 Å². The van der Waals surface area contributed by atoms with Gasteiger partial charge in [-0.1, -0.05) is 36.4 Å². The van der Waals surface area contributed by atoms with Gasteiger partial charge in [0.15, 0.2) is 0 Å². The van der Waals surface area contributed by atoms with E-state index in [9.17, 15) is 18.8 Å². The number of carbonyl (C=O) groups is 3. The highest BCUT2D eigenvalue weighted by Gasteiger charge is 2.25. The zero-order chi connectivity index (χ0) is 23.4. The van der Waals surface area contributed by atoms with Gasteiger partial charge in [-0.15, -0.1) is 0 Å². The number of amides is 3. The van der Waals surface area contributed by atoms with Gasteiger partial charge >= 0.3 is 0 Å². The van der Waals surface area contributed by atoms with Crippen molar-refractivity contribution >= 4 is 28.5 Å². The second kappa shape index (κ2) is 9.81. The van der Waals surface area contributed by atoms with E-state index in [2.05, 4.69) is 5.32 Å². The molecule has 33 heavy (non-hydrogen) atoms. The number of nitrogens with zero attached hydrogens (tertiary/aromatic N) is 2. The van der Waals surface area contributed by atoms with Crippen molar-refractivity contribution in [2.24, 2.45) is 0 Å². The average molecular weight is 448 g/mol. The van der Waals surface area contributed by atoms with Crippen molar-refractivity contribution in [3.63, 3.8) is 0 Å². The largest absolute Gasteiger partial charge is 0.352 e. The van der Waals surface area contributed by atoms with E-state index in [4.69, 9.17) is 0 Å². The molecular weight excluding hydrogens is 421 g/mol. The SMILES string of the molecule is Cc1ccc(C(=O)N2CCN(C(=O)CCNC(=O)c3ccc4ccccc4c3)CC2)cc1F. The predicted octanol–water partition coefficient (Wildman–Crippen LogP) is 3.39. The number of fused-ring (bicyclic) bond motifs is 1. The van der Waals surface area contributed by atoms with Crippen LogP contribution >= 0.6 is 0 Å². The molecule has 0 atom stereocenters. The predicted molar refractivity (Wildman–Crippen MR) is 125 cm³/mol. The first-order valence-corrected chi connectivity index (χ1v) is 11.0. The van der Waals surface area contributed by atoms with Crippen LogP contribution in [0.1, 0.15) is 32.7 Å². The van der Waals surface area contributed by atoms with E-state index < -0.39 is 5.82 Å². The van der Waals surface area contributed by atoms with Crippen LogP contribution in [0.25, 0.3) is 10.8 Å². The second-order valence-electron chi connectivity index (χ2n) is 8.20. The minimum atomic E-state index is -0.402. The molecule has 0 saturated carbocycles. The molecule has 0 bridgehead atoms. The van der Waals surface area contributed by atoms with Crippen LogP contribution in [0.3, 0.4) is 0 Å². The number of nitrogens with one attached hydrogen (secondary N) is 1. The third kappa shape index (κ3) is 5.19. The lowest BCUT2D eigenvalue weighted by atomic mass is 10.1. The highest BCUT2D eigenvalue weighted by Crippen LogP contribution is 2.16. The van der Waals surface area contributed by atoms with Crippen molar-refractivity contribution in [1.82, 2.24) is 15.1 Å². The van der Waals surface area contributed by atoms with Gasteiger partial charge < -0.3 is 15.1 Å². The summed E-state index contributed by atoms with van der Waals surface area (Å²) in [5, 5.41) is 4.86. The van der Waals surface area contributed by atoms with Crippen LogP contribution in [-0.4, -0.2) is 60.2 Å². The number of halogens is 1. The molecule has 1 heterocycles. The summed E-state index contributed by atoms with van der Waals surface area (Å²) in [6, 6.07) is 17.8. The lowest BCUT2D eigenvalue weighted by molar-refractivity contribution is -0.132. The summed E-state index contributed by atoms with van der Waals surface area (Å²) in [5.74, 6) is -0.916. The monoisotopic (exact) mass is 447 g/mol. The number of hydrogen-bond acceptors (Lipinski definition) is 3. The Bertz CT molecular complexity index is 1200. The minimum Gasteiger partial charge on any atom is -0.352 e. The molecule has 1 aliphatic rings. The van der Waals surface area contributed by atoms with Crippen molar-refractivity contribution in [3.8, 4) is 0 Å². The summed E-state index contributed by atoms with van der Waals surface area (Å²) < 4.78 is 13.8. The molecule has 1 N–H and O–H groups in total. The Hall–Kier alpha value is -3.74. The zero-order valence-electron chi connectivity index (χ0n) is 18.5. The Balaban J connectivity index is 1.24.